The fourth-order valence-electron chi connectivity index (χ4n) is 4.80. The molecule has 31 heavy (non-hydrogen) atoms. The van der Waals surface area contributed by atoms with Crippen LogP contribution in [0.1, 0.15) is 46.1 Å². The van der Waals surface area contributed by atoms with Crippen molar-refractivity contribution in [2.75, 3.05) is 44.3 Å². The first-order valence-electron chi connectivity index (χ1n) is 11.5. The third-order valence-corrected chi connectivity index (χ3v) is 7.15. The quantitative estimate of drug-likeness (QED) is 0.742. The fourth-order valence-corrected chi connectivity index (χ4v) is 5.03. The van der Waals surface area contributed by atoms with E-state index >= 15 is 0 Å². The lowest BCUT2D eigenvalue weighted by Crippen LogP contribution is -2.53. The summed E-state index contributed by atoms with van der Waals surface area (Å²) in [5.74, 6) is 1.26. The summed E-state index contributed by atoms with van der Waals surface area (Å²) in [5.41, 5.74) is 1.92. The minimum absolute atomic E-state index is 0.000318. The van der Waals surface area contributed by atoms with E-state index in [4.69, 9.17) is 21.1 Å². The SMILES string of the molecule is CC1(NCc2ccc(Cl)c(N3CC4COCC4C3)c2)CCN(C(=O)OC(C)(C)C)CC1. The minimum atomic E-state index is -0.455. The van der Waals surface area contributed by atoms with Gasteiger partial charge in [-0.25, -0.2) is 4.79 Å². The van der Waals surface area contributed by atoms with Crippen molar-refractivity contribution in [1.29, 1.82) is 0 Å². The van der Waals surface area contributed by atoms with Crippen LogP contribution in [0.25, 0.3) is 0 Å². The molecule has 0 bridgehead atoms. The van der Waals surface area contributed by atoms with Gasteiger partial charge in [-0.3, -0.25) is 0 Å². The zero-order chi connectivity index (χ0) is 22.2. The van der Waals surface area contributed by atoms with Gasteiger partial charge in [-0.05, 0) is 58.2 Å². The van der Waals surface area contributed by atoms with Crippen LogP contribution in [-0.4, -0.2) is 61.5 Å². The number of likely N-dealkylation sites (tertiary alicyclic amines) is 1. The summed E-state index contributed by atoms with van der Waals surface area (Å²) in [5, 5.41) is 4.56. The molecular weight excluding hydrogens is 414 g/mol. The van der Waals surface area contributed by atoms with Gasteiger partial charge in [0.15, 0.2) is 0 Å². The number of piperidine rings is 1. The van der Waals surface area contributed by atoms with Crippen molar-refractivity contribution < 1.29 is 14.3 Å². The van der Waals surface area contributed by atoms with Crippen molar-refractivity contribution in [3.05, 3.63) is 28.8 Å². The first kappa shape index (κ1) is 22.7. The Balaban J connectivity index is 1.32. The van der Waals surface area contributed by atoms with Gasteiger partial charge in [-0.2, -0.15) is 0 Å². The number of hydrogen-bond donors (Lipinski definition) is 1. The van der Waals surface area contributed by atoms with Crippen LogP contribution in [0.15, 0.2) is 18.2 Å². The number of rotatable bonds is 4. The molecule has 3 aliphatic rings. The highest BCUT2D eigenvalue weighted by Crippen LogP contribution is 2.36. The number of carbonyl (C=O) groups is 1. The first-order valence-corrected chi connectivity index (χ1v) is 11.8. The van der Waals surface area contributed by atoms with Crippen LogP contribution in [0.3, 0.4) is 0 Å². The molecule has 3 fully saturated rings. The van der Waals surface area contributed by atoms with Crippen molar-refractivity contribution in [3.63, 3.8) is 0 Å². The number of halogens is 1. The van der Waals surface area contributed by atoms with Gasteiger partial charge in [0.1, 0.15) is 5.60 Å². The topological polar surface area (TPSA) is 54.0 Å². The van der Waals surface area contributed by atoms with E-state index in [0.717, 1.165) is 56.4 Å². The second-order valence-electron chi connectivity index (χ2n) is 10.6. The Hall–Kier alpha value is -1.50. The van der Waals surface area contributed by atoms with Crippen molar-refractivity contribution in [1.82, 2.24) is 10.2 Å². The molecule has 2 unspecified atom stereocenters. The van der Waals surface area contributed by atoms with Crippen LogP contribution in [0.2, 0.25) is 5.02 Å². The number of nitrogens with zero attached hydrogens (tertiary/aromatic N) is 2. The van der Waals surface area contributed by atoms with Crippen molar-refractivity contribution in [2.24, 2.45) is 11.8 Å². The van der Waals surface area contributed by atoms with E-state index in [1.807, 2.05) is 31.7 Å². The third-order valence-electron chi connectivity index (χ3n) is 6.83. The normalized spacial score (nSPS) is 25.6. The predicted octanol–water partition coefficient (Wildman–Crippen LogP) is 4.30. The standard InChI is InChI=1S/C24H36ClN3O3/c1-23(2,3)31-22(29)27-9-7-24(4,8-10-27)26-12-17-5-6-20(25)21(11-17)28-13-18-15-30-16-19(18)14-28/h5-6,11,18-19,26H,7-10,12-16H2,1-4H3. The maximum absolute atomic E-state index is 12.3. The van der Waals surface area contributed by atoms with Gasteiger partial charge >= 0.3 is 6.09 Å². The molecule has 0 aliphatic carbocycles. The Morgan fingerprint density at radius 3 is 2.48 bits per heavy atom. The van der Waals surface area contributed by atoms with Crippen LogP contribution in [0.5, 0.6) is 0 Å². The minimum Gasteiger partial charge on any atom is -0.444 e. The highest BCUT2D eigenvalue weighted by Gasteiger charge is 2.38. The lowest BCUT2D eigenvalue weighted by molar-refractivity contribution is 0.0156. The molecule has 0 aromatic heterocycles. The molecule has 0 saturated carbocycles. The van der Waals surface area contributed by atoms with Gasteiger partial charge < -0.3 is 24.6 Å². The summed E-state index contributed by atoms with van der Waals surface area (Å²) in [6, 6.07) is 6.36. The van der Waals surface area contributed by atoms with Gasteiger partial charge in [-0.15, -0.1) is 0 Å². The summed E-state index contributed by atoms with van der Waals surface area (Å²) in [7, 11) is 0. The lowest BCUT2D eigenvalue weighted by Gasteiger charge is -2.40. The van der Waals surface area contributed by atoms with E-state index in [9.17, 15) is 4.79 Å². The van der Waals surface area contributed by atoms with E-state index in [-0.39, 0.29) is 11.6 Å². The highest BCUT2D eigenvalue weighted by atomic mass is 35.5. The number of amides is 1. The molecule has 1 amide bonds. The van der Waals surface area contributed by atoms with E-state index in [1.54, 1.807) is 0 Å². The Bertz CT molecular complexity index is 790. The second-order valence-corrected chi connectivity index (χ2v) is 11.0. The van der Waals surface area contributed by atoms with Crippen molar-refractivity contribution >= 4 is 23.4 Å². The first-order chi connectivity index (χ1) is 14.6. The fraction of sp³-hybridized carbons (Fsp3) is 0.708. The highest BCUT2D eigenvalue weighted by molar-refractivity contribution is 6.33. The summed E-state index contributed by atoms with van der Waals surface area (Å²) in [4.78, 5) is 16.6. The Labute approximate surface area is 191 Å². The van der Waals surface area contributed by atoms with Crippen molar-refractivity contribution in [2.45, 2.75) is 58.2 Å². The summed E-state index contributed by atoms with van der Waals surface area (Å²) in [6.07, 6.45) is 1.60. The monoisotopic (exact) mass is 449 g/mol. The van der Waals surface area contributed by atoms with Crippen LogP contribution < -0.4 is 10.2 Å². The van der Waals surface area contributed by atoms with E-state index in [1.165, 1.54) is 5.56 Å². The third kappa shape index (κ3) is 5.47. The van der Waals surface area contributed by atoms with E-state index in [0.29, 0.717) is 24.9 Å². The zero-order valence-electron chi connectivity index (χ0n) is 19.2. The van der Waals surface area contributed by atoms with Crippen molar-refractivity contribution in [3.8, 4) is 0 Å². The molecule has 0 radical (unpaired) electrons. The molecule has 0 spiro atoms. The molecule has 3 aliphatic heterocycles. The van der Waals surface area contributed by atoms with Crippen LogP contribution in [0, 0.1) is 11.8 Å². The summed E-state index contributed by atoms with van der Waals surface area (Å²) >= 11 is 6.56. The molecule has 7 heteroatoms. The zero-order valence-corrected chi connectivity index (χ0v) is 20.0. The number of hydrogen-bond acceptors (Lipinski definition) is 5. The van der Waals surface area contributed by atoms with Gasteiger partial charge in [0.2, 0.25) is 0 Å². The van der Waals surface area contributed by atoms with E-state index < -0.39 is 5.60 Å². The summed E-state index contributed by atoms with van der Waals surface area (Å²) < 4.78 is 11.1. The molecule has 4 rings (SSSR count). The summed E-state index contributed by atoms with van der Waals surface area (Å²) in [6.45, 7) is 14.0. The van der Waals surface area contributed by atoms with Gasteiger partial charge in [0.25, 0.3) is 0 Å². The molecule has 2 atom stereocenters. The number of anilines is 1. The molecule has 172 valence electrons. The van der Waals surface area contributed by atoms with Gasteiger partial charge in [-0.1, -0.05) is 17.7 Å². The largest absolute Gasteiger partial charge is 0.444 e. The van der Waals surface area contributed by atoms with Gasteiger partial charge in [0, 0.05) is 50.1 Å². The molecule has 6 nitrogen and oxygen atoms in total. The van der Waals surface area contributed by atoms with Crippen LogP contribution >= 0.6 is 11.6 Å². The van der Waals surface area contributed by atoms with E-state index in [2.05, 4.69) is 29.3 Å². The average molecular weight is 450 g/mol. The molecule has 1 aromatic carbocycles. The molecule has 3 heterocycles. The number of nitrogens with one attached hydrogen (secondary N) is 1. The lowest BCUT2D eigenvalue weighted by atomic mass is 9.89. The molecule has 3 saturated heterocycles. The smallest absolute Gasteiger partial charge is 0.410 e. The number of ether oxygens (including phenoxy) is 2. The maximum Gasteiger partial charge on any atom is 0.410 e. The molecule has 1 aromatic rings. The Kier molecular flexibility index (Phi) is 6.44. The Morgan fingerprint density at radius 1 is 1.23 bits per heavy atom. The number of benzene rings is 1. The molecule has 1 N–H and O–H groups in total. The number of carbonyl (C=O) groups excluding carboxylic acids is 1. The average Bonchev–Trinajstić information content (AvgIpc) is 3.29. The predicted molar refractivity (Wildman–Crippen MR) is 124 cm³/mol. The van der Waals surface area contributed by atoms with Crippen LogP contribution in [-0.2, 0) is 16.0 Å². The molecular formula is C24H36ClN3O3. The van der Waals surface area contributed by atoms with Crippen LogP contribution in [0.4, 0.5) is 10.5 Å². The number of fused-ring (bicyclic) bond motifs is 1. The maximum atomic E-state index is 12.3. The Morgan fingerprint density at radius 2 is 1.87 bits per heavy atom. The van der Waals surface area contributed by atoms with Gasteiger partial charge in [0.05, 0.1) is 23.9 Å². The second kappa shape index (κ2) is 8.80.